The first kappa shape index (κ1) is 11.0. The molecule has 0 N–H and O–H groups in total. The van der Waals surface area contributed by atoms with Gasteiger partial charge in [0.2, 0.25) is 0 Å². The number of alkyl halides is 2. The first-order valence-corrected chi connectivity index (χ1v) is 4.42. The van der Waals surface area contributed by atoms with Crippen molar-refractivity contribution in [2.75, 3.05) is 0 Å². The van der Waals surface area contributed by atoms with E-state index in [1.807, 2.05) is 20.8 Å². The lowest BCUT2D eigenvalue weighted by atomic mass is 9.93. The van der Waals surface area contributed by atoms with E-state index in [1.54, 1.807) is 0 Å². The zero-order chi connectivity index (χ0) is 11.0. The van der Waals surface area contributed by atoms with Crippen molar-refractivity contribution < 1.29 is 8.78 Å². The maximum Gasteiger partial charge on any atom is 0.288 e. The highest BCUT2D eigenvalue weighted by molar-refractivity contribution is 5.12. The number of nitrogens with zero attached hydrogens (tertiary/aromatic N) is 2. The highest BCUT2D eigenvalue weighted by atomic mass is 19.3. The molecule has 0 aliphatic rings. The second-order valence-corrected chi connectivity index (χ2v) is 4.43. The molecule has 0 fully saturated rings. The molecule has 1 aromatic rings. The summed E-state index contributed by atoms with van der Waals surface area (Å²) >= 11 is 0. The maximum atomic E-state index is 12.8. The van der Waals surface area contributed by atoms with E-state index in [0.717, 1.165) is 13.1 Å². The maximum absolute atomic E-state index is 12.8. The van der Waals surface area contributed by atoms with E-state index in [0.29, 0.717) is 5.69 Å². The molecule has 0 saturated heterocycles. The van der Waals surface area contributed by atoms with Crippen LogP contribution < -0.4 is 0 Å². The van der Waals surface area contributed by atoms with Crippen LogP contribution in [0.5, 0.6) is 0 Å². The fraction of sp³-hybridized carbons (Fsp3) is 0.600. The van der Waals surface area contributed by atoms with Crippen molar-refractivity contribution in [2.45, 2.75) is 39.0 Å². The minimum absolute atomic E-state index is 0.158. The molecule has 0 radical (unpaired) electrons. The standard InChI is InChI=1S/C10H14F2N2/c1-9(2,3)7-5-14-8(6-13-7)10(4,11)12/h5-6H,1-4H3. The second kappa shape index (κ2) is 3.26. The van der Waals surface area contributed by atoms with E-state index in [-0.39, 0.29) is 11.1 Å². The van der Waals surface area contributed by atoms with E-state index >= 15 is 0 Å². The van der Waals surface area contributed by atoms with Crippen LogP contribution in [0.2, 0.25) is 0 Å². The predicted molar refractivity (Wildman–Crippen MR) is 50.3 cm³/mol. The monoisotopic (exact) mass is 200 g/mol. The zero-order valence-corrected chi connectivity index (χ0v) is 8.81. The van der Waals surface area contributed by atoms with Crippen molar-refractivity contribution in [2.24, 2.45) is 0 Å². The fourth-order valence-corrected chi connectivity index (χ4v) is 0.942. The van der Waals surface area contributed by atoms with Crippen LogP contribution in [0.25, 0.3) is 0 Å². The fourth-order valence-electron chi connectivity index (χ4n) is 0.942. The molecule has 0 unspecified atom stereocenters. The van der Waals surface area contributed by atoms with Crippen LogP contribution in [0.1, 0.15) is 39.1 Å². The lowest BCUT2D eigenvalue weighted by molar-refractivity contribution is 0.0122. The van der Waals surface area contributed by atoms with Crippen molar-refractivity contribution >= 4 is 0 Å². The molecular formula is C10H14F2N2. The van der Waals surface area contributed by atoms with Gasteiger partial charge in [-0.15, -0.1) is 0 Å². The molecule has 14 heavy (non-hydrogen) atoms. The van der Waals surface area contributed by atoms with E-state index < -0.39 is 5.92 Å². The summed E-state index contributed by atoms with van der Waals surface area (Å²) in [5.41, 5.74) is 0.269. The van der Waals surface area contributed by atoms with Gasteiger partial charge in [0.25, 0.3) is 5.92 Å². The van der Waals surface area contributed by atoms with E-state index in [9.17, 15) is 8.78 Å². The number of hydrogen-bond acceptors (Lipinski definition) is 2. The molecule has 1 heterocycles. The summed E-state index contributed by atoms with van der Waals surface area (Å²) in [5.74, 6) is -2.91. The van der Waals surface area contributed by atoms with Crippen molar-refractivity contribution in [1.82, 2.24) is 9.97 Å². The molecule has 0 amide bonds. The second-order valence-electron chi connectivity index (χ2n) is 4.43. The van der Waals surface area contributed by atoms with Gasteiger partial charge in [0.1, 0.15) is 5.69 Å². The Balaban J connectivity index is 3.02. The Morgan fingerprint density at radius 3 is 1.64 bits per heavy atom. The first-order chi connectivity index (χ1) is 6.21. The van der Waals surface area contributed by atoms with Crippen LogP contribution in [0.3, 0.4) is 0 Å². The summed E-state index contributed by atoms with van der Waals surface area (Å²) in [7, 11) is 0. The Hall–Kier alpha value is -1.06. The Morgan fingerprint density at radius 1 is 0.929 bits per heavy atom. The molecule has 4 heteroatoms. The molecule has 0 saturated carbocycles. The van der Waals surface area contributed by atoms with Gasteiger partial charge in [-0.05, 0) is 0 Å². The van der Waals surface area contributed by atoms with Gasteiger partial charge in [0.15, 0.2) is 0 Å². The molecule has 0 aliphatic heterocycles. The van der Waals surface area contributed by atoms with Gasteiger partial charge in [-0.1, -0.05) is 20.8 Å². The van der Waals surface area contributed by atoms with Crippen molar-refractivity contribution in [3.63, 3.8) is 0 Å². The van der Waals surface area contributed by atoms with Gasteiger partial charge in [0.05, 0.1) is 11.9 Å². The Morgan fingerprint density at radius 2 is 1.36 bits per heavy atom. The lowest BCUT2D eigenvalue weighted by Crippen LogP contribution is -2.17. The predicted octanol–water partition coefficient (Wildman–Crippen LogP) is 2.89. The van der Waals surface area contributed by atoms with Gasteiger partial charge in [-0.2, -0.15) is 8.78 Å². The molecule has 78 valence electrons. The van der Waals surface area contributed by atoms with Crippen LogP contribution in [-0.4, -0.2) is 9.97 Å². The van der Waals surface area contributed by atoms with Crippen LogP contribution in [0.15, 0.2) is 12.4 Å². The Labute approximate surface area is 82.4 Å². The zero-order valence-electron chi connectivity index (χ0n) is 8.81. The first-order valence-electron chi connectivity index (χ1n) is 4.42. The summed E-state index contributed by atoms with van der Waals surface area (Å²) in [6, 6.07) is 0. The SMILES string of the molecule is CC(C)(C)c1cnc(C(C)(F)F)cn1. The van der Waals surface area contributed by atoms with Gasteiger partial charge < -0.3 is 0 Å². The Kier molecular flexibility index (Phi) is 2.56. The largest absolute Gasteiger partial charge is 0.288 e. The molecule has 0 aromatic carbocycles. The third-order valence-corrected chi connectivity index (χ3v) is 1.87. The normalized spacial score (nSPS) is 13.0. The summed E-state index contributed by atoms with van der Waals surface area (Å²) in [5, 5.41) is 0. The topological polar surface area (TPSA) is 25.8 Å². The molecule has 1 aromatic heterocycles. The number of hydrogen-bond donors (Lipinski definition) is 0. The number of aromatic nitrogens is 2. The quantitative estimate of drug-likeness (QED) is 0.696. The van der Waals surface area contributed by atoms with Crippen molar-refractivity contribution in [1.29, 1.82) is 0 Å². The summed E-state index contributed by atoms with van der Waals surface area (Å²) in [6.45, 7) is 6.69. The average molecular weight is 200 g/mol. The van der Waals surface area contributed by atoms with Crippen molar-refractivity contribution in [3.05, 3.63) is 23.8 Å². The van der Waals surface area contributed by atoms with Crippen LogP contribution in [0.4, 0.5) is 8.78 Å². The summed E-state index contributed by atoms with van der Waals surface area (Å²) in [4.78, 5) is 7.68. The highest BCUT2D eigenvalue weighted by Gasteiger charge is 2.27. The lowest BCUT2D eigenvalue weighted by Gasteiger charge is -2.17. The minimum Gasteiger partial charge on any atom is -0.257 e. The van der Waals surface area contributed by atoms with Crippen LogP contribution in [-0.2, 0) is 11.3 Å². The molecule has 0 spiro atoms. The van der Waals surface area contributed by atoms with Gasteiger partial charge in [-0.25, -0.2) is 0 Å². The highest BCUT2D eigenvalue weighted by Crippen LogP contribution is 2.25. The van der Waals surface area contributed by atoms with Crippen LogP contribution in [0, 0.1) is 0 Å². The summed E-state index contributed by atoms with van der Waals surface area (Å²) in [6.07, 6.45) is 2.55. The smallest absolute Gasteiger partial charge is 0.257 e. The summed E-state index contributed by atoms with van der Waals surface area (Å²) < 4.78 is 25.6. The number of halogens is 2. The number of rotatable bonds is 1. The minimum atomic E-state index is -2.91. The molecule has 0 aliphatic carbocycles. The molecular weight excluding hydrogens is 186 g/mol. The average Bonchev–Trinajstić information content (AvgIpc) is 2.01. The van der Waals surface area contributed by atoms with E-state index in [1.165, 1.54) is 6.20 Å². The third kappa shape index (κ3) is 2.47. The van der Waals surface area contributed by atoms with E-state index in [4.69, 9.17) is 0 Å². The third-order valence-electron chi connectivity index (χ3n) is 1.87. The van der Waals surface area contributed by atoms with Gasteiger partial charge >= 0.3 is 0 Å². The Bertz CT molecular complexity index is 273. The molecule has 0 bridgehead atoms. The van der Waals surface area contributed by atoms with Crippen molar-refractivity contribution in [3.8, 4) is 0 Å². The van der Waals surface area contributed by atoms with Gasteiger partial charge in [0, 0.05) is 18.5 Å². The molecule has 0 atom stereocenters. The molecule has 2 nitrogen and oxygen atoms in total. The van der Waals surface area contributed by atoms with E-state index in [2.05, 4.69) is 9.97 Å². The molecule has 1 rings (SSSR count). The van der Waals surface area contributed by atoms with Gasteiger partial charge in [-0.3, -0.25) is 9.97 Å². The van der Waals surface area contributed by atoms with Crippen LogP contribution >= 0.6 is 0 Å².